The molecule has 2 fully saturated rings. The van der Waals surface area contributed by atoms with Crippen LogP contribution in [0.2, 0.25) is 0 Å². The van der Waals surface area contributed by atoms with Gasteiger partial charge in [-0.3, -0.25) is 4.79 Å². The number of ether oxygens (including phenoxy) is 1. The quantitative estimate of drug-likeness (QED) is 0.228. The molecule has 0 spiro atoms. The van der Waals surface area contributed by atoms with Crippen LogP contribution in [0.15, 0.2) is 47.4 Å². The Kier molecular flexibility index (Phi) is 8.10. The zero-order valence-electron chi connectivity index (χ0n) is 20.1. The van der Waals surface area contributed by atoms with Crippen molar-refractivity contribution in [3.8, 4) is 5.75 Å². The number of carbonyl (C=O) groups is 1. The summed E-state index contributed by atoms with van der Waals surface area (Å²) >= 11 is 0. The predicted molar refractivity (Wildman–Crippen MR) is 125 cm³/mol. The summed E-state index contributed by atoms with van der Waals surface area (Å²) < 4.78 is 110. The number of sulfonamides is 1. The highest BCUT2D eigenvalue weighted by Crippen LogP contribution is 2.37. The molecule has 1 heterocycles. The summed E-state index contributed by atoms with van der Waals surface area (Å²) in [4.78, 5) is 13.1. The lowest BCUT2D eigenvalue weighted by Gasteiger charge is -2.19. The average molecular weight is 565 g/mol. The Labute approximate surface area is 216 Å². The number of halogens is 6. The van der Waals surface area contributed by atoms with E-state index in [4.69, 9.17) is 4.74 Å². The number of benzene rings is 2. The minimum Gasteiger partial charge on any atom is -0.494 e. The first-order valence-corrected chi connectivity index (χ1v) is 13.5. The molecule has 4 rings (SSSR count). The maximum atomic E-state index is 13.1. The summed E-state index contributed by atoms with van der Waals surface area (Å²) in [6, 6.07) is 7.21. The van der Waals surface area contributed by atoms with Gasteiger partial charge in [0.25, 0.3) is 10.0 Å². The average Bonchev–Trinajstić information content (AvgIpc) is 3.60. The smallest absolute Gasteiger partial charge is 0.416 e. The number of carbonyl (C=O) groups excluding carboxylic acids is 1. The van der Waals surface area contributed by atoms with Crippen molar-refractivity contribution in [2.45, 2.75) is 49.4 Å². The summed E-state index contributed by atoms with van der Waals surface area (Å²) in [5.41, 5.74) is -2.74. The number of Topliss-reactive ketones (excluding diaryl/α,β-unsaturated/α-hetero) is 1. The highest BCUT2D eigenvalue weighted by atomic mass is 32.2. The van der Waals surface area contributed by atoms with Gasteiger partial charge in [-0.1, -0.05) is 0 Å². The largest absolute Gasteiger partial charge is 0.494 e. The van der Waals surface area contributed by atoms with E-state index in [9.17, 15) is 39.6 Å². The molecule has 6 nitrogen and oxygen atoms in total. The molecule has 1 saturated carbocycles. The van der Waals surface area contributed by atoms with E-state index in [-0.39, 0.29) is 48.9 Å². The first kappa shape index (κ1) is 28.4. The van der Waals surface area contributed by atoms with Gasteiger partial charge in [-0.2, -0.15) is 26.3 Å². The van der Waals surface area contributed by atoms with Crippen molar-refractivity contribution < 1.29 is 44.3 Å². The molecule has 1 atom stereocenters. The fourth-order valence-electron chi connectivity index (χ4n) is 4.31. The molecular weight excluding hydrogens is 538 g/mol. The minimum atomic E-state index is -5.15. The maximum Gasteiger partial charge on any atom is 0.416 e. The van der Waals surface area contributed by atoms with Gasteiger partial charge in [0.1, 0.15) is 5.75 Å². The molecule has 0 unspecified atom stereocenters. The molecular formula is C25H26F6N2O4S. The lowest BCUT2D eigenvalue weighted by atomic mass is 10.0. The number of rotatable bonds is 10. The third kappa shape index (κ3) is 7.26. The van der Waals surface area contributed by atoms with Crippen molar-refractivity contribution in [1.29, 1.82) is 0 Å². The van der Waals surface area contributed by atoms with Crippen LogP contribution in [-0.2, 0) is 22.4 Å². The second kappa shape index (κ2) is 10.9. The van der Waals surface area contributed by atoms with Gasteiger partial charge >= 0.3 is 12.4 Å². The van der Waals surface area contributed by atoms with Gasteiger partial charge in [0.05, 0.1) is 22.6 Å². The Balaban J connectivity index is 1.27. The van der Waals surface area contributed by atoms with E-state index in [1.54, 1.807) is 24.3 Å². The highest BCUT2D eigenvalue weighted by Gasteiger charge is 2.39. The molecule has 1 saturated heterocycles. The molecule has 0 aromatic heterocycles. The van der Waals surface area contributed by atoms with E-state index in [2.05, 4.69) is 4.83 Å². The van der Waals surface area contributed by atoms with E-state index in [0.29, 0.717) is 37.2 Å². The van der Waals surface area contributed by atoms with Crippen molar-refractivity contribution >= 4 is 15.8 Å². The second-order valence-corrected chi connectivity index (χ2v) is 11.3. The molecule has 208 valence electrons. The molecule has 0 bridgehead atoms. The fourth-order valence-corrected chi connectivity index (χ4v) is 5.49. The molecule has 1 aliphatic carbocycles. The van der Waals surface area contributed by atoms with Crippen molar-refractivity contribution in [1.82, 2.24) is 9.84 Å². The zero-order valence-corrected chi connectivity index (χ0v) is 20.9. The van der Waals surface area contributed by atoms with E-state index in [0.717, 1.165) is 12.8 Å². The molecule has 38 heavy (non-hydrogen) atoms. The van der Waals surface area contributed by atoms with Gasteiger partial charge in [-0.05, 0) is 80.5 Å². The lowest BCUT2D eigenvalue weighted by Crippen LogP contribution is -2.40. The van der Waals surface area contributed by atoms with Crippen LogP contribution < -0.4 is 9.57 Å². The minimum absolute atomic E-state index is 0.0621. The first-order valence-electron chi connectivity index (χ1n) is 12.1. The molecule has 13 heteroatoms. The summed E-state index contributed by atoms with van der Waals surface area (Å²) in [7, 11) is -4.68. The van der Waals surface area contributed by atoms with Crippen LogP contribution in [0.4, 0.5) is 26.3 Å². The SMILES string of the molecule is O=C(c1ccc(OCCC[C@@H]2CCN(NS(=O)(=O)c3cc(C(F)(F)F)cc(C(F)(F)F)c3)C2)cc1)C1CC1. The maximum absolute atomic E-state index is 13.1. The first-order chi connectivity index (χ1) is 17.7. The second-order valence-electron chi connectivity index (χ2n) is 9.59. The van der Waals surface area contributed by atoms with Gasteiger partial charge in [0.2, 0.25) is 0 Å². The van der Waals surface area contributed by atoms with Gasteiger partial charge in [0, 0.05) is 24.6 Å². The van der Waals surface area contributed by atoms with Gasteiger partial charge in [-0.25, -0.2) is 13.4 Å². The topological polar surface area (TPSA) is 75.7 Å². The van der Waals surface area contributed by atoms with Crippen molar-refractivity contribution in [3.63, 3.8) is 0 Å². The van der Waals surface area contributed by atoms with Crippen LogP contribution in [0.5, 0.6) is 5.75 Å². The van der Waals surface area contributed by atoms with Crippen molar-refractivity contribution in [3.05, 3.63) is 59.2 Å². The van der Waals surface area contributed by atoms with Crippen LogP contribution in [0.1, 0.15) is 53.6 Å². The Bertz CT molecular complexity index is 1230. The molecule has 2 aromatic carbocycles. The summed E-state index contributed by atoms with van der Waals surface area (Å²) in [6.07, 6.45) is -6.51. The molecule has 0 amide bonds. The third-order valence-electron chi connectivity index (χ3n) is 6.52. The van der Waals surface area contributed by atoms with E-state index in [1.807, 2.05) is 0 Å². The monoisotopic (exact) mass is 564 g/mol. The fraction of sp³-hybridized carbons (Fsp3) is 0.480. The number of hydrogen-bond acceptors (Lipinski definition) is 5. The Morgan fingerprint density at radius 2 is 1.55 bits per heavy atom. The molecule has 2 aliphatic rings. The number of nitrogens with one attached hydrogen (secondary N) is 1. The molecule has 2 aromatic rings. The Morgan fingerprint density at radius 3 is 2.11 bits per heavy atom. The van der Waals surface area contributed by atoms with Crippen molar-refractivity contribution in [2.75, 3.05) is 19.7 Å². The van der Waals surface area contributed by atoms with Crippen LogP contribution in [0.25, 0.3) is 0 Å². The summed E-state index contributed by atoms with van der Waals surface area (Å²) in [5.74, 6) is 0.969. The number of hydrazine groups is 1. The summed E-state index contributed by atoms with van der Waals surface area (Å²) in [6.45, 7) is 0.900. The number of nitrogens with zero attached hydrogens (tertiary/aromatic N) is 1. The van der Waals surface area contributed by atoms with Crippen LogP contribution in [-0.4, -0.2) is 38.9 Å². The third-order valence-corrected chi connectivity index (χ3v) is 7.87. The highest BCUT2D eigenvalue weighted by molar-refractivity contribution is 7.89. The lowest BCUT2D eigenvalue weighted by molar-refractivity contribution is -0.143. The van der Waals surface area contributed by atoms with Gasteiger partial charge in [0.15, 0.2) is 5.78 Å². The number of ketones is 1. The van der Waals surface area contributed by atoms with Gasteiger partial charge in [-0.15, -0.1) is 4.83 Å². The number of alkyl halides is 6. The van der Waals surface area contributed by atoms with Crippen LogP contribution >= 0.6 is 0 Å². The van der Waals surface area contributed by atoms with E-state index in [1.165, 1.54) is 5.01 Å². The van der Waals surface area contributed by atoms with Crippen molar-refractivity contribution in [2.24, 2.45) is 11.8 Å². The van der Waals surface area contributed by atoms with Crippen LogP contribution in [0, 0.1) is 11.8 Å². The van der Waals surface area contributed by atoms with Gasteiger partial charge < -0.3 is 4.74 Å². The molecule has 1 aliphatic heterocycles. The number of hydrogen-bond donors (Lipinski definition) is 1. The normalized spacial score (nSPS) is 19.1. The zero-order chi connectivity index (χ0) is 27.7. The summed E-state index contributed by atoms with van der Waals surface area (Å²) in [5, 5.41) is 1.28. The van der Waals surface area contributed by atoms with E-state index < -0.39 is 38.4 Å². The molecule has 1 N–H and O–H groups in total. The standard InChI is InChI=1S/C25H26F6N2O4S/c26-24(27,28)19-12-20(25(29,30)31)14-22(13-19)38(35,36)32-33-10-9-16(15-33)2-1-11-37-21-7-5-18(6-8-21)23(34)17-3-4-17/h5-8,12-14,16-17,32H,1-4,9-11,15H2/t16-/m1/s1. The molecule has 0 radical (unpaired) electrons. The Hall–Kier alpha value is -2.64. The predicted octanol–water partition coefficient (Wildman–Crippen LogP) is 5.69. The Morgan fingerprint density at radius 1 is 0.947 bits per heavy atom. The van der Waals surface area contributed by atoms with Crippen LogP contribution in [0.3, 0.4) is 0 Å². The van der Waals surface area contributed by atoms with E-state index >= 15 is 0 Å².